The van der Waals surface area contributed by atoms with E-state index in [1.54, 1.807) is 0 Å². The monoisotopic (exact) mass is 256 g/mol. The first-order valence-electron chi connectivity index (χ1n) is 7.23. The smallest absolute Gasteiger partial charge is 0.311 e. The maximum atomic E-state index is 12.0. The molecule has 0 spiro atoms. The fraction of sp³-hybridized carbons (Fsp3) is 0.933. The quantitative estimate of drug-likeness (QED) is 0.768. The second-order valence-electron chi connectivity index (χ2n) is 6.36. The van der Waals surface area contributed by atoms with Crippen molar-refractivity contribution in [2.75, 3.05) is 6.61 Å². The SMILES string of the molecule is CCCC(C(=O)OCC)C1(O)CCC(C)(C)CC1. The van der Waals surface area contributed by atoms with Crippen LogP contribution in [0.1, 0.15) is 66.2 Å². The number of aliphatic hydroxyl groups is 1. The van der Waals surface area contributed by atoms with Crippen LogP contribution in [0.25, 0.3) is 0 Å². The lowest BCUT2D eigenvalue weighted by Crippen LogP contribution is -2.47. The molecule has 106 valence electrons. The molecule has 0 aliphatic heterocycles. The third kappa shape index (κ3) is 3.71. The minimum absolute atomic E-state index is 0.221. The van der Waals surface area contributed by atoms with Crippen molar-refractivity contribution in [2.24, 2.45) is 11.3 Å². The highest BCUT2D eigenvalue weighted by atomic mass is 16.5. The van der Waals surface area contributed by atoms with Crippen LogP contribution in [0.5, 0.6) is 0 Å². The van der Waals surface area contributed by atoms with Crippen molar-refractivity contribution >= 4 is 5.97 Å². The summed E-state index contributed by atoms with van der Waals surface area (Å²) in [6.45, 7) is 8.70. The van der Waals surface area contributed by atoms with Crippen molar-refractivity contribution in [3.63, 3.8) is 0 Å². The fourth-order valence-corrected chi connectivity index (χ4v) is 2.85. The first kappa shape index (κ1) is 15.5. The third-order valence-electron chi connectivity index (χ3n) is 4.27. The van der Waals surface area contributed by atoms with Gasteiger partial charge in [0.25, 0.3) is 0 Å². The Morgan fingerprint density at radius 3 is 2.22 bits per heavy atom. The van der Waals surface area contributed by atoms with Crippen LogP contribution in [0.4, 0.5) is 0 Å². The molecule has 1 unspecified atom stereocenters. The second-order valence-corrected chi connectivity index (χ2v) is 6.36. The number of hydrogen-bond donors (Lipinski definition) is 1. The first-order valence-corrected chi connectivity index (χ1v) is 7.23. The van der Waals surface area contributed by atoms with Gasteiger partial charge in [-0.05, 0) is 44.4 Å². The zero-order valence-electron chi connectivity index (χ0n) is 12.3. The van der Waals surface area contributed by atoms with Crippen LogP contribution in [-0.4, -0.2) is 23.3 Å². The Morgan fingerprint density at radius 1 is 1.22 bits per heavy atom. The van der Waals surface area contributed by atoms with Gasteiger partial charge in [-0.15, -0.1) is 0 Å². The molecule has 1 aliphatic carbocycles. The summed E-state index contributed by atoms with van der Waals surface area (Å²) in [5.74, 6) is -0.569. The predicted molar refractivity (Wildman–Crippen MR) is 72.2 cm³/mol. The third-order valence-corrected chi connectivity index (χ3v) is 4.27. The number of carbonyl (C=O) groups excluding carboxylic acids is 1. The number of rotatable bonds is 5. The molecule has 0 radical (unpaired) electrons. The van der Waals surface area contributed by atoms with Crippen LogP contribution in [0.15, 0.2) is 0 Å². The summed E-state index contributed by atoms with van der Waals surface area (Å²) in [5.41, 5.74) is -0.560. The topological polar surface area (TPSA) is 46.5 Å². The largest absolute Gasteiger partial charge is 0.466 e. The van der Waals surface area contributed by atoms with E-state index in [4.69, 9.17) is 4.74 Å². The fourth-order valence-electron chi connectivity index (χ4n) is 2.85. The molecule has 0 bridgehead atoms. The number of esters is 1. The normalized spacial score (nSPS) is 23.4. The lowest BCUT2D eigenvalue weighted by molar-refractivity contribution is -0.163. The van der Waals surface area contributed by atoms with Gasteiger partial charge in [0.1, 0.15) is 0 Å². The maximum Gasteiger partial charge on any atom is 0.311 e. The molecule has 1 saturated carbocycles. The lowest BCUT2D eigenvalue weighted by atomic mass is 9.66. The molecule has 0 amide bonds. The highest BCUT2D eigenvalue weighted by Crippen LogP contribution is 2.44. The van der Waals surface area contributed by atoms with Gasteiger partial charge >= 0.3 is 5.97 Å². The Labute approximate surface area is 111 Å². The molecule has 18 heavy (non-hydrogen) atoms. The summed E-state index contributed by atoms with van der Waals surface area (Å²) in [6.07, 6.45) is 4.99. The van der Waals surface area contributed by atoms with E-state index in [0.717, 1.165) is 25.7 Å². The van der Waals surface area contributed by atoms with Crippen LogP contribution in [-0.2, 0) is 9.53 Å². The molecular formula is C15H28O3. The van der Waals surface area contributed by atoms with E-state index in [0.29, 0.717) is 19.4 Å². The van der Waals surface area contributed by atoms with Crippen LogP contribution in [0, 0.1) is 11.3 Å². The minimum atomic E-state index is -0.849. The zero-order valence-corrected chi connectivity index (χ0v) is 12.3. The lowest BCUT2D eigenvalue weighted by Gasteiger charge is -2.43. The second kappa shape index (κ2) is 6.05. The molecule has 3 nitrogen and oxygen atoms in total. The van der Waals surface area contributed by atoms with Gasteiger partial charge in [-0.3, -0.25) is 4.79 Å². The summed E-state index contributed by atoms with van der Waals surface area (Å²) >= 11 is 0. The van der Waals surface area contributed by atoms with E-state index >= 15 is 0 Å². The molecule has 0 aromatic carbocycles. The maximum absolute atomic E-state index is 12.0. The van der Waals surface area contributed by atoms with Crippen LogP contribution in [0.3, 0.4) is 0 Å². The van der Waals surface area contributed by atoms with Gasteiger partial charge in [0.2, 0.25) is 0 Å². The molecule has 1 N–H and O–H groups in total. The van der Waals surface area contributed by atoms with E-state index in [2.05, 4.69) is 13.8 Å². The minimum Gasteiger partial charge on any atom is -0.466 e. The van der Waals surface area contributed by atoms with E-state index in [1.165, 1.54) is 0 Å². The summed E-state index contributed by atoms with van der Waals surface area (Å²) in [7, 11) is 0. The Kier molecular flexibility index (Phi) is 5.20. The highest BCUT2D eigenvalue weighted by molar-refractivity contribution is 5.73. The zero-order chi connectivity index (χ0) is 13.8. The average Bonchev–Trinajstić information content (AvgIpc) is 2.31. The average molecular weight is 256 g/mol. The first-order chi connectivity index (χ1) is 8.34. The van der Waals surface area contributed by atoms with Crippen molar-refractivity contribution in [1.82, 2.24) is 0 Å². The highest BCUT2D eigenvalue weighted by Gasteiger charge is 2.45. The summed E-state index contributed by atoms with van der Waals surface area (Å²) in [5, 5.41) is 10.8. The molecule has 1 aliphatic rings. The van der Waals surface area contributed by atoms with Crippen molar-refractivity contribution in [3.8, 4) is 0 Å². The molecule has 1 atom stereocenters. The Bertz CT molecular complexity index is 273. The Balaban J connectivity index is 2.75. The number of ether oxygens (including phenoxy) is 1. The van der Waals surface area contributed by atoms with Crippen LogP contribution >= 0.6 is 0 Å². The molecule has 1 rings (SSSR count). The number of hydrogen-bond acceptors (Lipinski definition) is 3. The molecule has 3 heteroatoms. The van der Waals surface area contributed by atoms with Crippen LogP contribution in [0.2, 0.25) is 0 Å². The van der Waals surface area contributed by atoms with E-state index in [-0.39, 0.29) is 17.3 Å². The molecule has 0 saturated heterocycles. The molecular weight excluding hydrogens is 228 g/mol. The molecule has 0 aromatic rings. The molecule has 1 fully saturated rings. The van der Waals surface area contributed by atoms with Gasteiger partial charge in [-0.1, -0.05) is 27.2 Å². The van der Waals surface area contributed by atoms with E-state index < -0.39 is 5.60 Å². The van der Waals surface area contributed by atoms with Gasteiger partial charge in [-0.25, -0.2) is 0 Å². The summed E-state index contributed by atoms with van der Waals surface area (Å²) in [4.78, 5) is 12.0. The molecule has 0 heterocycles. The van der Waals surface area contributed by atoms with Crippen molar-refractivity contribution in [2.45, 2.75) is 71.8 Å². The summed E-state index contributed by atoms with van der Waals surface area (Å²) in [6, 6.07) is 0. The number of carbonyl (C=O) groups is 1. The predicted octanol–water partition coefficient (Wildman–Crippen LogP) is 3.30. The molecule has 0 aromatic heterocycles. The Hall–Kier alpha value is -0.570. The van der Waals surface area contributed by atoms with Crippen LogP contribution < -0.4 is 0 Å². The van der Waals surface area contributed by atoms with Crippen molar-refractivity contribution < 1.29 is 14.6 Å². The van der Waals surface area contributed by atoms with Crippen molar-refractivity contribution in [3.05, 3.63) is 0 Å². The van der Waals surface area contributed by atoms with Gasteiger partial charge in [-0.2, -0.15) is 0 Å². The van der Waals surface area contributed by atoms with Gasteiger partial charge in [0.05, 0.1) is 18.1 Å². The van der Waals surface area contributed by atoms with Gasteiger partial charge in [0, 0.05) is 0 Å². The summed E-state index contributed by atoms with van der Waals surface area (Å²) < 4.78 is 5.13. The van der Waals surface area contributed by atoms with Gasteiger partial charge in [0.15, 0.2) is 0 Å². The standard InChI is InChI=1S/C15H28O3/c1-5-7-12(13(16)18-6-2)15(17)10-8-14(3,4)9-11-15/h12,17H,5-11H2,1-4H3. The van der Waals surface area contributed by atoms with E-state index in [1.807, 2.05) is 13.8 Å². The Morgan fingerprint density at radius 2 is 1.78 bits per heavy atom. The van der Waals surface area contributed by atoms with E-state index in [9.17, 15) is 9.90 Å². The van der Waals surface area contributed by atoms with Gasteiger partial charge < -0.3 is 9.84 Å². The van der Waals surface area contributed by atoms with Crippen molar-refractivity contribution in [1.29, 1.82) is 0 Å².